The number of carbonyl (C=O) groups is 2. The van der Waals surface area contributed by atoms with E-state index in [4.69, 9.17) is 9.47 Å². The third-order valence-corrected chi connectivity index (χ3v) is 2.81. The highest BCUT2D eigenvalue weighted by Gasteiger charge is 2.26. The summed E-state index contributed by atoms with van der Waals surface area (Å²) in [7, 11) is 3.94. The zero-order chi connectivity index (χ0) is 13.9. The SMILES string of the molecule is COC(=O)c1c(OC)cc(C)c(C)c1C(=O)OC. The molecule has 0 aliphatic rings. The van der Waals surface area contributed by atoms with Gasteiger partial charge in [0.15, 0.2) is 0 Å². The summed E-state index contributed by atoms with van der Waals surface area (Å²) in [5, 5.41) is 0. The summed E-state index contributed by atoms with van der Waals surface area (Å²) in [6, 6.07) is 1.69. The highest BCUT2D eigenvalue weighted by atomic mass is 16.5. The van der Waals surface area contributed by atoms with Crippen LogP contribution in [0.5, 0.6) is 5.75 Å². The molecule has 1 rings (SSSR count). The Kier molecular flexibility index (Phi) is 4.31. The standard InChI is InChI=1S/C13H16O5/c1-7-6-9(16-3)11(13(15)18-5)10(8(7)2)12(14)17-4/h6H,1-5H3. The number of esters is 2. The molecule has 0 aromatic heterocycles. The largest absolute Gasteiger partial charge is 0.496 e. The van der Waals surface area contributed by atoms with Crippen molar-refractivity contribution in [3.63, 3.8) is 0 Å². The molecule has 18 heavy (non-hydrogen) atoms. The summed E-state index contributed by atoms with van der Waals surface area (Å²) >= 11 is 0. The van der Waals surface area contributed by atoms with E-state index in [0.717, 1.165) is 5.56 Å². The molecule has 0 unspecified atom stereocenters. The van der Waals surface area contributed by atoms with Crippen LogP contribution in [0.1, 0.15) is 31.8 Å². The van der Waals surface area contributed by atoms with Crippen molar-refractivity contribution >= 4 is 11.9 Å². The molecule has 0 N–H and O–H groups in total. The van der Waals surface area contributed by atoms with E-state index in [1.54, 1.807) is 13.0 Å². The van der Waals surface area contributed by atoms with Gasteiger partial charge >= 0.3 is 11.9 Å². The molecule has 0 amide bonds. The fraction of sp³-hybridized carbons (Fsp3) is 0.385. The molecule has 0 saturated carbocycles. The maximum atomic E-state index is 11.8. The predicted molar refractivity (Wildman–Crippen MR) is 65.1 cm³/mol. The monoisotopic (exact) mass is 252 g/mol. The van der Waals surface area contributed by atoms with Crippen molar-refractivity contribution in [1.29, 1.82) is 0 Å². The lowest BCUT2D eigenvalue weighted by Crippen LogP contribution is -2.16. The Hall–Kier alpha value is -2.04. The molecule has 0 radical (unpaired) electrons. The lowest BCUT2D eigenvalue weighted by Gasteiger charge is -2.15. The van der Waals surface area contributed by atoms with Crippen LogP contribution < -0.4 is 4.74 Å². The van der Waals surface area contributed by atoms with Crippen LogP contribution in [-0.2, 0) is 9.47 Å². The van der Waals surface area contributed by atoms with E-state index in [0.29, 0.717) is 11.3 Å². The quantitative estimate of drug-likeness (QED) is 0.769. The molecule has 0 bridgehead atoms. The summed E-state index contributed by atoms with van der Waals surface area (Å²) in [4.78, 5) is 23.6. The second-order valence-electron chi connectivity index (χ2n) is 3.75. The molecule has 0 aliphatic heterocycles. The van der Waals surface area contributed by atoms with Crippen molar-refractivity contribution in [2.45, 2.75) is 13.8 Å². The minimum absolute atomic E-state index is 0.0925. The highest BCUT2D eigenvalue weighted by Crippen LogP contribution is 2.29. The predicted octanol–water partition coefficient (Wildman–Crippen LogP) is 1.89. The lowest BCUT2D eigenvalue weighted by atomic mass is 9.96. The van der Waals surface area contributed by atoms with Gasteiger partial charge in [0, 0.05) is 0 Å². The fourth-order valence-corrected chi connectivity index (χ4v) is 1.71. The van der Waals surface area contributed by atoms with Crippen LogP contribution in [0.25, 0.3) is 0 Å². The first-order valence-corrected chi connectivity index (χ1v) is 5.32. The molecule has 0 atom stereocenters. The Morgan fingerprint density at radius 1 is 0.944 bits per heavy atom. The van der Waals surface area contributed by atoms with Gasteiger partial charge in [-0.3, -0.25) is 0 Å². The molecule has 1 aromatic rings. The van der Waals surface area contributed by atoms with E-state index < -0.39 is 11.9 Å². The van der Waals surface area contributed by atoms with E-state index in [-0.39, 0.29) is 11.1 Å². The van der Waals surface area contributed by atoms with Crippen LogP contribution in [0.3, 0.4) is 0 Å². The first-order chi connectivity index (χ1) is 8.47. The van der Waals surface area contributed by atoms with E-state index >= 15 is 0 Å². The molecule has 0 saturated heterocycles. The Morgan fingerprint density at radius 2 is 1.44 bits per heavy atom. The van der Waals surface area contributed by atoms with Gasteiger partial charge in [-0.15, -0.1) is 0 Å². The topological polar surface area (TPSA) is 61.8 Å². The highest BCUT2D eigenvalue weighted by molar-refractivity contribution is 6.06. The van der Waals surface area contributed by atoms with Gasteiger partial charge < -0.3 is 14.2 Å². The van der Waals surface area contributed by atoms with E-state index in [9.17, 15) is 9.59 Å². The molecule has 0 aliphatic carbocycles. The van der Waals surface area contributed by atoms with Gasteiger partial charge in [-0.2, -0.15) is 0 Å². The zero-order valence-electron chi connectivity index (χ0n) is 11.1. The van der Waals surface area contributed by atoms with Crippen molar-refractivity contribution in [2.75, 3.05) is 21.3 Å². The van der Waals surface area contributed by atoms with Crippen molar-refractivity contribution in [1.82, 2.24) is 0 Å². The summed E-state index contributed by atoms with van der Waals surface area (Å²) < 4.78 is 14.5. The maximum absolute atomic E-state index is 11.8. The minimum Gasteiger partial charge on any atom is -0.496 e. The summed E-state index contributed by atoms with van der Waals surface area (Å²) in [5.41, 5.74) is 1.78. The maximum Gasteiger partial charge on any atom is 0.342 e. The lowest BCUT2D eigenvalue weighted by molar-refractivity contribution is 0.0551. The summed E-state index contributed by atoms with van der Waals surface area (Å²) in [5.74, 6) is -0.921. The number of methoxy groups -OCH3 is 3. The second-order valence-corrected chi connectivity index (χ2v) is 3.75. The van der Waals surface area contributed by atoms with Crippen LogP contribution in [-0.4, -0.2) is 33.3 Å². The van der Waals surface area contributed by atoms with Gasteiger partial charge in [-0.05, 0) is 31.0 Å². The van der Waals surface area contributed by atoms with Gasteiger partial charge in [-0.1, -0.05) is 0 Å². The van der Waals surface area contributed by atoms with Crippen LogP contribution >= 0.6 is 0 Å². The number of hydrogen-bond donors (Lipinski definition) is 0. The van der Waals surface area contributed by atoms with E-state index in [1.807, 2.05) is 6.92 Å². The fourth-order valence-electron chi connectivity index (χ4n) is 1.71. The Bertz CT molecular complexity index is 491. The number of benzene rings is 1. The Labute approximate surface area is 106 Å². The number of rotatable bonds is 3. The van der Waals surface area contributed by atoms with Crippen LogP contribution in [0, 0.1) is 13.8 Å². The number of aryl methyl sites for hydroxylation is 1. The van der Waals surface area contributed by atoms with Gasteiger partial charge in [0.25, 0.3) is 0 Å². The third-order valence-electron chi connectivity index (χ3n) is 2.81. The smallest absolute Gasteiger partial charge is 0.342 e. The third kappa shape index (κ3) is 2.30. The Morgan fingerprint density at radius 3 is 1.89 bits per heavy atom. The minimum atomic E-state index is -0.629. The molecule has 0 heterocycles. The van der Waals surface area contributed by atoms with Crippen LogP contribution in [0.2, 0.25) is 0 Å². The molecule has 0 spiro atoms. The van der Waals surface area contributed by atoms with Crippen molar-refractivity contribution in [2.24, 2.45) is 0 Å². The van der Waals surface area contributed by atoms with Crippen molar-refractivity contribution < 1.29 is 23.8 Å². The normalized spacial score (nSPS) is 9.83. The van der Waals surface area contributed by atoms with Gasteiger partial charge in [-0.25, -0.2) is 9.59 Å². The number of carbonyl (C=O) groups excluding carboxylic acids is 2. The second kappa shape index (κ2) is 5.53. The molecular formula is C13H16O5. The van der Waals surface area contributed by atoms with E-state index in [2.05, 4.69) is 4.74 Å². The molecule has 5 heteroatoms. The summed E-state index contributed by atoms with van der Waals surface area (Å²) in [6.45, 7) is 3.57. The van der Waals surface area contributed by atoms with Crippen LogP contribution in [0.4, 0.5) is 0 Å². The first-order valence-electron chi connectivity index (χ1n) is 5.32. The average molecular weight is 252 g/mol. The van der Waals surface area contributed by atoms with Gasteiger partial charge in [0.05, 0.1) is 26.9 Å². The zero-order valence-corrected chi connectivity index (χ0v) is 11.1. The Balaban J connectivity index is 3.66. The van der Waals surface area contributed by atoms with E-state index in [1.165, 1.54) is 21.3 Å². The van der Waals surface area contributed by atoms with Gasteiger partial charge in [0.1, 0.15) is 11.3 Å². The average Bonchev–Trinajstić information content (AvgIpc) is 2.39. The molecule has 98 valence electrons. The first kappa shape index (κ1) is 14.0. The van der Waals surface area contributed by atoms with Crippen LogP contribution in [0.15, 0.2) is 6.07 Å². The molecule has 1 aromatic carbocycles. The summed E-state index contributed by atoms with van der Waals surface area (Å²) in [6.07, 6.45) is 0. The number of ether oxygens (including phenoxy) is 3. The van der Waals surface area contributed by atoms with Crippen molar-refractivity contribution in [3.05, 3.63) is 28.3 Å². The van der Waals surface area contributed by atoms with Crippen molar-refractivity contribution in [3.8, 4) is 5.75 Å². The molecule has 0 fully saturated rings. The molecule has 5 nitrogen and oxygen atoms in total. The van der Waals surface area contributed by atoms with Gasteiger partial charge in [0.2, 0.25) is 0 Å². The molecular weight excluding hydrogens is 236 g/mol. The number of hydrogen-bond acceptors (Lipinski definition) is 5.